The van der Waals surface area contributed by atoms with Crippen LogP contribution in [0.1, 0.15) is 30.9 Å². The van der Waals surface area contributed by atoms with Crippen LogP contribution in [0.4, 0.5) is 5.82 Å². The first-order chi connectivity index (χ1) is 17.4. The number of anilines is 1. The molecule has 0 bridgehead atoms. The van der Waals surface area contributed by atoms with E-state index in [1.165, 1.54) is 0 Å². The molecule has 2 N–H and O–H groups in total. The Kier molecular flexibility index (Phi) is 6.80. The summed E-state index contributed by atoms with van der Waals surface area (Å²) in [5.41, 5.74) is 1.93. The third-order valence-corrected chi connectivity index (χ3v) is 7.19. The van der Waals surface area contributed by atoms with Crippen LogP contribution in [0.2, 0.25) is 10.0 Å². The number of amides is 1. The molecule has 36 heavy (non-hydrogen) atoms. The predicted octanol–water partition coefficient (Wildman–Crippen LogP) is 5.03. The van der Waals surface area contributed by atoms with Gasteiger partial charge in [0.2, 0.25) is 5.91 Å². The minimum atomic E-state index is -1.11. The van der Waals surface area contributed by atoms with Gasteiger partial charge in [-0.1, -0.05) is 53.5 Å². The lowest BCUT2D eigenvalue weighted by Crippen LogP contribution is -2.39. The number of carboxylic acid groups (broad SMARTS) is 1. The van der Waals surface area contributed by atoms with Gasteiger partial charge in [0.15, 0.2) is 6.04 Å². The molecule has 2 atom stereocenters. The molecule has 4 aromatic rings. The maximum atomic E-state index is 13.0. The number of carbonyl (C=O) groups is 2. The first-order valence-corrected chi connectivity index (χ1v) is 12.3. The number of halogens is 2. The van der Waals surface area contributed by atoms with E-state index in [0.29, 0.717) is 33.5 Å². The van der Waals surface area contributed by atoms with Crippen molar-refractivity contribution in [1.82, 2.24) is 19.9 Å². The van der Waals surface area contributed by atoms with Gasteiger partial charge in [-0.15, -0.1) is 0 Å². The molecule has 1 saturated heterocycles. The maximum absolute atomic E-state index is 13.0. The highest BCUT2D eigenvalue weighted by Crippen LogP contribution is 2.36. The zero-order chi connectivity index (χ0) is 25.2. The van der Waals surface area contributed by atoms with E-state index in [1.807, 2.05) is 22.9 Å². The average molecular weight is 524 g/mol. The van der Waals surface area contributed by atoms with Crippen molar-refractivity contribution in [2.24, 2.45) is 0 Å². The Hall–Kier alpha value is -3.62. The zero-order valence-corrected chi connectivity index (χ0v) is 20.7. The van der Waals surface area contributed by atoms with Gasteiger partial charge in [0.1, 0.15) is 5.82 Å². The minimum absolute atomic E-state index is 0.139. The Labute approximate surface area is 217 Å². The molecule has 0 spiro atoms. The Balaban J connectivity index is 1.44. The topological polar surface area (TPSA) is 100 Å². The van der Waals surface area contributed by atoms with E-state index in [0.717, 1.165) is 23.9 Å². The number of hydrogen-bond acceptors (Lipinski definition) is 5. The number of fused-ring (bicyclic) bond motifs is 1. The highest BCUT2D eigenvalue weighted by atomic mass is 35.5. The van der Waals surface area contributed by atoms with Gasteiger partial charge in [-0.3, -0.25) is 4.79 Å². The highest BCUT2D eigenvalue weighted by molar-refractivity contribution is 6.45. The monoisotopic (exact) mass is 523 g/mol. The lowest BCUT2D eigenvalue weighted by atomic mass is 10.1. The number of hydrogen-bond donors (Lipinski definition) is 2. The molecule has 0 saturated carbocycles. The predicted molar refractivity (Wildman–Crippen MR) is 139 cm³/mol. The molecule has 0 aliphatic carbocycles. The second kappa shape index (κ2) is 10.2. The number of nitrogens with one attached hydrogen (secondary N) is 1. The van der Waals surface area contributed by atoms with Crippen LogP contribution in [0.25, 0.3) is 16.6 Å². The van der Waals surface area contributed by atoms with Gasteiger partial charge in [-0.25, -0.2) is 14.8 Å². The van der Waals surface area contributed by atoms with Crippen molar-refractivity contribution < 1.29 is 14.7 Å². The summed E-state index contributed by atoms with van der Waals surface area (Å²) in [4.78, 5) is 35.9. The van der Waals surface area contributed by atoms with Crippen LogP contribution in [0.15, 0.2) is 67.3 Å². The van der Waals surface area contributed by atoms with E-state index in [-0.39, 0.29) is 18.4 Å². The van der Waals surface area contributed by atoms with E-state index in [4.69, 9.17) is 28.2 Å². The summed E-state index contributed by atoms with van der Waals surface area (Å²) in [7, 11) is 0. The number of carboxylic acids is 1. The van der Waals surface area contributed by atoms with Crippen molar-refractivity contribution in [3.63, 3.8) is 0 Å². The van der Waals surface area contributed by atoms with Crippen LogP contribution < -0.4 is 10.2 Å². The summed E-state index contributed by atoms with van der Waals surface area (Å²) in [6.07, 6.45) is 7.03. The molecule has 5 rings (SSSR count). The molecule has 1 fully saturated rings. The number of pyridine rings is 1. The SMILES string of the molecule is O=C(C[C@@H]1CCCN1c1cc(-n2ccnc2)c2ccc(Cl)c(Cl)c2n1)N[C@@H](C(=O)O)c1ccccc1. The number of rotatable bonds is 7. The highest BCUT2D eigenvalue weighted by Gasteiger charge is 2.30. The molecule has 184 valence electrons. The standard InChI is InChI=1S/C26H23Cl2N5O3/c27-19-9-8-18-20(32-12-10-29-15-32)14-21(30-25(18)23(19)28)33-11-4-7-17(33)13-22(34)31-24(26(35)36)16-5-2-1-3-6-16/h1-3,5-6,8-10,12,14-15,17,24H,4,7,11,13H2,(H,31,34)(H,35,36)/t17-,24+/m0/s1. The smallest absolute Gasteiger partial charge is 0.330 e. The van der Waals surface area contributed by atoms with E-state index in [9.17, 15) is 14.7 Å². The van der Waals surface area contributed by atoms with Gasteiger partial charge in [-0.2, -0.15) is 0 Å². The normalized spacial score (nSPS) is 16.3. The van der Waals surface area contributed by atoms with E-state index in [1.54, 1.807) is 48.9 Å². The Morgan fingerprint density at radius 1 is 1.17 bits per heavy atom. The average Bonchev–Trinajstić information content (AvgIpc) is 3.57. The molecule has 1 amide bonds. The summed E-state index contributed by atoms with van der Waals surface area (Å²) in [5.74, 6) is -0.770. The molecule has 3 heterocycles. The molecule has 1 aliphatic heterocycles. The van der Waals surface area contributed by atoms with Gasteiger partial charge in [0.25, 0.3) is 0 Å². The number of carbonyl (C=O) groups excluding carboxylic acids is 1. The number of benzene rings is 2. The number of aliphatic carboxylic acids is 1. The summed E-state index contributed by atoms with van der Waals surface area (Å²) in [5, 5.41) is 13.9. The van der Waals surface area contributed by atoms with Crippen LogP contribution >= 0.6 is 23.2 Å². The van der Waals surface area contributed by atoms with Crippen LogP contribution in [-0.2, 0) is 9.59 Å². The first-order valence-electron chi connectivity index (χ1n) is 11.5. The van der Waals surface area contributed by atoms with Crippen LogP contribution in [-0.4, -0.2) is 44.1 Å². The fourth-order valence-corrected chi connectivity index (χ4v) is 5.04. The lowest BCUT2D eigenvalue weighted by Gasteiger charge is -2.27. The second-order valence-corrected chi connectivity index (χ2v) is 9.46. The molecule has 2 aromatic carbocycles. The first kappa shape index (κ1) is 24.1. The Bertz CT molecular complexity index is 1410. The maximum Gasteiger partial charge on any atom is 0.330 e. The van der Waals surface area contributed by atoms with Gasteiger partial charge in [0, 0.05) is 42.9 Å². The molecular weight excluding hydrogens is 501 g/mol. The van der Waals surface area contributed by atoms with E-state index >= 15 is 0 Å². The fraction of sp³-hybridized carbons (Fsp3) is 0.231. The molecule has 8 nitrogen and oxygen atoms in total. The van der Waals surface area contributed by atoms with Crippen molar-refractivity contribution in [2.45, 2.75) is 31.3 Å². The molecule has 0 radical (unpaired) electrons. The molecule has 2 aromatic heterocycles. The van der Waals surface area contributed by atoms with Gasteiger partial charge in [0.05, 0.1) is 27.6 Å². The molecule has 0 unspecified atom stereocenters. The van der Waals surface area contributed by atoms with E-state index < -0.39 is 12.0 Å². The minimum Gasteiger partial charge on any atom is -0.479 e. The van der Waals surface area contributed by atoms with Crippen molar-refractivity contribution >= 4 is 51.8 Å². The Morgan fingerprint density at radius 2 is 1.97 bits per heavy atom. The third-order valence-electron chi connectivity index (χ3n) is 6.40. The summed E-state index contributed by atoms with van der Waals surface area (Å²) in [6.45, 7) is 0.707. The van der Waals surface area contributed by atoms with Crippen molar-refractivity contribution in [3.05, 3.63) is 82.9 Å². The van der Waals surface area contributed by atoms with Gasteiger partial charge in [-0.05, 0) is 30.5 Å². The van der Waals surface area contributed by atoms with Crippen LogP contribution in [0.5, 0.6) is 0 Å². The second-order valence-electron chi connectivity index (χ2n) is 8.67. The quantitative estimate of drug-likeness (QED) is 0.352. The van der Waals surface area contributed by atoms with E-state index in [2.05, 4.69) is 15.2 Å². The fourth-order valence-electron chi connectivity index (χ4n) is 4.68. The van der Waals surface area contributed by atoms with Gasteiger partial charge >= 0.3 is 5.97 Å². The zero-order valence-electron chi connectivity index (χ0n) is 19.1. The van der Waals surface area contributed by atoms with Gasteiger partial charge < -0.3 is 19.9 Å². The summed E-state index contributed by atoms with van der Waals surface area (Å²) >= 11 is 12.8. The van der Waals surface area contributed by atoms with Crippen molar-refractivity contribution in [1.29, 1.82) is 0 Å². The molecular formula is C26H23Cl2N5O3. The van der Waals surface area contributed by atoms with Crippen molar-refractivity contribution in [3.8, 4) is 5.69 Å². The summed E-state index contributed by atoms with van der Waals surface area (Å²) < 4.78 is 1.88. The lowest BCUT2D eigenvalue weighted by molar-refractivity contribution is -0.142. The van der Waals surface area contributed by atoms with Crippen molar-refractivity contribution in [2.75, 3.05) is 11.4 Å². The molecule has 1 aliphatic rings. The number of imidazole rings is 1. The number of aromatic nitrogens is 3. The third kappa shape index (κ3) is 4.74. The summed E-state index contributed by atoms with van der Waals surface area (Å²) in [6, 6.07) is 13.0. The number of nitrogens with zero attached hydrogens (tertiary/aromatic N) is 4. The molecule has 10 heteroatoms. The van der Waals surface area contributed by atoms with Crippen LogP contribution in [0.3, 0.4) is 0 Å². The largest absolute Gasteiger partial charge is 0.479 e. The Morgan fingerprint density at radius 3 is 2.69 bits per heavy atom. The van der Waals surface area contributed by atoms with Crippen LogP contribution in [0, 0.1) is 0 Å².